The SMILES string of the molecule is COCc1cccc(CNC(=O)C2CCCN(C(=O)c3ccc(F)cc3)C2)c1. The first-order valence-corrected chi connectivity index (χ1v) is 9.46. The van der Waals surface area contributed by atoms with E-state index in [9.17, 15) is 14.0 Å². The van der Waals surface area contributed by atoms with Gasteiger partial charge in [0.2, 0.25) is 5.91 Å². The number of carbonyl (C=O) groups is 2. The molecule has 0 saturated carbocycles. The third kappa shape index (κ3) is 5.16. The van der Waals surface area contributed by atoms with Gasteiger partial charge in [-0.15, -0.1) is 0 Å². The number of ether oxygens (including phenoxy) is 1. The first-order valence-electron chi connectivity index (χ1n) is 9.46. The summed E-state index contributed by atoms with van der Waals surface area (Å²) >= 11 is 0. The topological polar surface area (TPSA) is 58.6 Å². The molecule has 1 N–H and O–H groups in total. The van der Waals surface area contributed by atoms with E-state index in [4.69, 9.17) is 4.74 Å². The van der Waals surface area contributed by atoms with Gasteiger partial charge in [0.25, 0.3) is 5.91 Å². The predicted molar refractivity (Wildman–Crippen MR) is 104 cm³/mol. The van der Waals surface area contributed by atoms with Crippen molar-refractivity contribution in [3.05, 3.63) is 71.0 Å². The van der Waals surface area contributed by atoms with Crippen LogP contribution in [0.25, 0.3) is 0 Å². The Morgan fingerprint density at radius 2 is 1.93 bits per heavy atom. The standard InChI is InChI=1S/C22H25FN2O3/c1-28-15-17-5-2-4-16(12-17)13-24-21(26)19-6-3-11-25(14-19)22(27)18-7-9-20(23)10-8-18/h2,4-5,7-10,12,19H,3,6,11,13-15H2,1H3,(H,24,26). The molecule has 148 valence electrons. The molecule has 5 nitrogen and oxygen atoms in total. The number of piperidine rings is 1. The number of amides is 2. The molecular weight excluding hydrogens is 359 g/mol. The molecule has 0 bridgehead atoms. The van der Waals surface area contributed by atoms with Crippen molar-refractivity contribution < 1.29 is 18.7 Å². The van der Waals surface area contributed by atoms with Crippen LogP contribution < -0.4 is 5.32 Å². The lowest BCUT2D eigenvalue weighted by Crippen LogP contribution is -2.45. The van der Waals surface area contributed by atoms with Crippen LogP contribution in [0.3, 0.4) is 0 Å². The third-order valence-electron chi connectivity index (χ3n) is 4.94. The highest BCUT2D eigenvalue weighted by atomic mass is 19.1. The zero-order chi connectivity index (χ0) is 19.9. The van der Waals surface area contributed by atoms with Crippen LogP contribution in [-0.2, 0) is 22.7 Å². The molecule has 0 radical (unpaired) electrons. The van der Waals surface area contributed by atoms with E-state index in [1.807, 2.05) is 24.3 Å². The zero-order valence-electron chi connectivity index (χ0n) is 16.0. The lowest BCUT2D eigenvalue weighted by molar-refractivity contribution is -0.126. The quantitative estimate of drug-likeness (QED) is 0.832. The van der Waals surface area contributed by atoms with Crippen molar-refractivity contribution in [3.63, 3.8) is 0 Å². The smallest absolute Gasteiger partial charge is 0.253 e. The molecule has 0 spiro atoms. The summed E-state index contributed by atoms with van der Waals surface area (Å²) in [6, 6.07) is 13.4. The van der Waals surface area contributed by atoms with Gasteiger partial charge in [-0.05, 0) is 48.2 Å². The predicted octanol–water partition coefficient (Wildman–Crippen LogP) is 3.14. The van der Waals surface area contributed by atoms with Crippen LogP contribution in [0.15, 0.2) is 48.5 Å². The normalized spacial score (nSPS) is 16.6. The fourth-order valence-corrected chi connectivity index (χ4v) is 3.48. The maximum atomic E-state index is 13.1. The monoisotopic (exact) mass is 384 g/mol. The van der Waals surface area contributed by atoms with Gasteiger partial charge >= 0.3 is 0 Å². The van der Waals surface area contributed by atoms with E-state index in [0.29, 0.717) is 31.8 Å². The largest absolute Gasteiger partial charge is 0.380 e. The molecule has 2 amide bonds. The Hall–Kier alpha value is -2.73. The third-order valence-corrected chi connectivity index (χ3v) is 4.94. The van der Waals surface area contributed by atoms with Crippen LogP contribution in [0.2, 0.25) is 0 Å². The number of hydrogen-bond donors (Lipinski definition) is 1. The van der Waals surface area contributed by atoms with Crippen LogP contribution in [0.1, 0.15) is 34.3 Å². The fraction of sp³-hybridized carbons (Fsp3) is 0.364. The van der Waals surface area contributed by atoms with E-state index in [-0.39, 0.29) is 23.5 Å². The minimum absolute atomic E-state index is 0.0475. The highest BCUT2D eigenvalue weighted by Crippen LogP contribution is 2.19. The minimum Gasteiger partial charge on any atom is -0.380 e. The van der Waals surface area contributed by atoms with Gasteiger partial charge in [-0.25, -0.2) is 4.39 Å². The number of nitrogens with one attached hydrogen (secondary N) is 1. The Morgan fingerprint density at radius 3 is 2.68 bits per heavy atom. The molecule has 1 unspecified atom stereocenters. The van der Waals surface area contributed by atoms with E-state index in [0.717, 1.165) is 24.0 Å². The highest BCUT2D eigenvalue weighted by molar-refractivity contribution is 5.94. The van der Waals surface area contributed by atoms with Gasteiger partial charge in [-0.1, -0.05) is 24.3 Å². The van der Waals surface area contributed by atoms with Crippen molar-refractivity contribution in [1.82, 2.24) is 10.2 Å². The Kier molecular flexibility index (Phi) is 6.76. The van der Waals surface area contributed by atoms with Crippen molar-refractivity contribution in [3.8, 4) is 0 Å². The molecule has 3 rings (SSSR count). The average Bonchev–Trinajstić information content (AvgIpc) is 2.73. The number of rotatable bonds is 6. The van der Waals surface area contributed by atoms with Gasteiger partial charge in [-0.3, -0.25) is 9.59 Å². The van der Waals surface area contributed by atoms with Gasteiger partial charge in [-0.2, -0.15) is 0 Å². The maximum Gasteiger partial charge on any atom is 0.253 e. The fourth-order valence-electron chi connectivity index (χ4n) is 3.48. The Labute approximate surface area is 164 Å². The number of hydrogen-bond acceptors (Lipinski definition) is 3. The molecule has 2 aromatic rings. The van der Waals surface area contributed by atoms with Crippen molar-refractivity contribution in [2.24, 2.45) is 5.92 Å². The van der Waals surface area contributed by atoms with Gasteiger partial charge in [0.1, 0.15) is 5.82 Å². The summed E-state index contributed by atoms with van der Waals surface area (Å²) in [5.41, 5.74) is 2.51. The second-order valence-corrected chi connectivity index (χ2v) is 7.07. The number of methoxy groups -OCH3 is 1. The molecule has 2 aromatic carbocycles. The Morgan fingerprint density at radius 1 is 1.18 bits per heavy atom. The average molecular weight is 384 g/mol. The summed E-state index contributed by atoms with van der Waals surface area (Å²) in [6.45, 7) is 1.97. The van der Waals surface area contributed by atoms with E-state index >= 15 is 0 Å². The number of nitrogens with zero attached hydrogens (tertiary/aromatic N) is 1. The minimum atomic E-state index is -0.373. The summed E-state index contributed by atoms with van der Waals surface area (Å²) in [5.74, 6) is -0.819. The molecule has 1 fully saturated rings. The summed E-state index contributed by atoms with van der Waals surface area (Å²) in [4.78, 5) is 26.9. The van der Waals surface area contributed by atoms with Gasteiger partial charge in [0.05, 0.1) is 12.5 Å². The molecule has 1 heterocycles. The molecule has 6 heteroatoms. The molecule has 0 aromatic heterocycles. The first kappa shape index (κ1) is 20.0. The number of benzene rings is 2. The maximum absolute atomic E-state index is 13.1. The van der Waals surface area contributed by atoms with Gasteiger partial charge in [0.15, 0.2) is 0 Å². The Bertz CT molecular complexity index is 823. The molecule has 1 aliphatic heterocycles. The molecule has 1 aliphatic rings. The number of halogens is 1. The van der Waals surface area contributed by atoms with Crippen molar-refractivity contribution >= 4 is 11.8 Å². The zero-order valence-corrected chi connectivity index (χ0v) is 16.0. The summed E-state index contributed by atoms with van der Waals surface area (Å²) in [6.07, 6.45) is 1.52. The lowest BCUT2D eigenvalue weighted by Gasteiger charge is -2.32. The van der Waals surface area contributed by atoms with Crippen LogP contribution in [0.5, 0.6) is 0 Å². The van der Waals surface area contributed by atoms with E-state index in [1.165, 1.54) is 24.3 Å². The van der Waals surface area contributed by atoms with E-state index < -0.39 is 0 Å². The van der Waals surface area contributed by atoms with Crippen LogP contribution in [0, 0.1) is 11.7 Å². The second kappa shape index (κ2) is 9.46. The first-order chi connectivity index (χ1) is 13.6. The van der Waals surface area contributed by atoms with Gasteiger partial charge in [0, 0.05) is 32.3 Å². The molecular formula is C22H25FN2O3. The highest BCUT2D eigenvalue weighted by Gasteiger charge is 2.28. The van der Waals surface area contributed by atoms with E-state index in [2.05, 4.69) is 5.32 Å². The second-order valence-electron chi connectivity index (χ2n) is 7.07. The van der Waals surface area contributed by atoms with Crippen molar-refractivity contribution in [1.29, 1.82) is 0 Å². The molecule has 1 atom stereocenters. The lowest BCUT2D eigenvalue weighted by atomic mass is 9.96. The van der Waals surface area contributed by atoms with Crippen LogP contribution >= 0.6 is 0 Å². The summed E-state index contributed by atoms with van der Waals surface area (Å²) < 4.78 is 18.2. The summed E-state index contributed by atoms with van der Waals surface area (Å²) in [5, 5.41) is 2.98. The molecule has 0 aliphatic carbocycles. The van der Waals surface area contributed by atoms with Gasteiger partial charge < -0.3 is 15.0 Å². The van der Waals surface area contributed by atoms with Crippen molar-refractivity contribution in [2.75, 3.05) is 20.2 Å². The molecule has 1 saturated heterocycles. The van der Waals surface area contributed by atoms with Crippen LogP contribution in [-0.4, -0.2) is 36.9 Å². The number of carbonyl (C=O) groups excluding carboxylic acids is 2. The van der Waals surface area contributed by atoms with E-state index in [1.54, 1.807) is 12.0 Å². The summed E-state index contributed by atoms with van der Waals surface area (Å²) in [7, 11) is 1.65. The molecule has 28 heavy (non-hydrogen) atoms. The van der Waals surface area contributed by atoms with Crippen LogP contribution in [0.4, 0.5) is 4.39 Å². The number of likely N-dealkylation sites (tertiary alicyclic amines) is 1. The van der Waals surface area contributed by atoms with Crippen molar-refractivity contribution in [2.45, 2.75) is 26.0 Å². The Balaban J connectivity index is 1.56.